The summed E-state index contributed by atoms with van der Waals surface area (Å²) < 4.78 is 67.9. The highest BCUT2D eigenvalue weighted by Crippen LogP contribution is 2.32. The third-order valence-corrected chi connectivity index (χ3v) is 3.96. The van der Waals surface area contributed by atoms with Crippen LogP contribution in [0.25, 0.3) is 11.4 Å². The van der Waals surface area contributed by atoms with Gasteiger partial charge in [-0.05, 0) is 36.4 Å². The van der Waals surface area contributed by atoms with Crippen LogP contribution in [0.3, 0.4) is 0 Å². The molecule has 0 amide bonds. The minimum absolute atomic E-state index is 0.202. The Labute approximate surface area is 136 Å². The van der Waals surface area contributed by atoms with Crippen molar-refractivity contribution in [2.24, 2.45) is 0 Å². The molecule has 0 aliphatic carbocycles. The molecule has 0 radical (unpaired) electrons. The molecule has 3 aromatic rings. The maximum atomic E-state index is 13.6. The van der Waals surface area contributed by atoms with Crippen molar-refractivity contribution in [1.29, 1.82) is 0 Å². The summed E-state index contributed by atoms with van der Waals surface area (Å²) >= 11 is 1.05. The molecule has 2 aromatic carbocycles. The predicted molar refractivity (Wildman–Crippen MR) is 75.2 cm³/mol. The lowest BCUT2D eigenvalue weighted by Gasteiger charge is -2.04. The van der Waals surface area contributed by atoms with E-state index in [9.17, 15) is 22.0 Å². The van der Waals surface area contributed by atoms with E-state index in [-0.39, 0.29) is 10.7 Å². The lowest BCUT2D eigenvalue weighted by molar-refractivity contribution is -0.159. The summed E-state index contributed by atoms with van der Waals surface area (Å²) in [6.07, 6.45) is -4.71. The molecule has 0 fully saturated rings. The fourth-order valence-corrected chi connectivity index (χ4v) is 2.63. The van der Waals surface area contributed by atoms with Gasteiger partial charge in [0.15, 0.2) is 0 Å². The van der Waals surface area contributed by atoms with Crippen LogP contribution in [0.15, 0.2) is 56.8 Å². The van der Waals surface area contributed by atoms with Crippen LogP contribution in [0.1, 0.15) is 5.89 Å². The Morgan fingerprint density at radius 1 is 0.958 bits per heavy atom. The first-order chi connectivity index (χ1) is 11.3. The Balaban J connectivity index is 1.79. The van der Waals surface area contributed by atoms with E-state index in [4.69, 9.17) is 0 Å². The van der Waals surface area contributed by atoms with Crippen molar-refractivity contribution in [3.8, 4) is 11.4 Å². The van der Waals surface area contributed by atoms with Crippen LogP contribution < -0.4 is 0 Å². The van der Waals surface area contributed by atoms with Gasteiger partial charge in [0.05, 0.1) is 0 Å². The summed E-state index contributed by atoms with van der Waals surface area (Å²) in [4.78, 5) is 4.12. The Morgan fingerprint density at radius 2 is 1.67 bits per heavy atom. The fourth-order valence-electron chi connectivity index (χ4n) is 1.81. The van der Waals surface area contributed by atoms with Gasteiger partial charge >= 0.3 is 12.1 Å². The number of benzene rings is 2. The molecule has 1 heterocycles. The van der Waals surface area contributed by atoms with Crippen LogP contribution in [0, 0.1) is 11.6 Å². The highest BCUT2D eigenvalue weighted by atomic mass is 32.2. The highest BCUT2D eigenvalue weighted by Gasteiger charge is 2.38. The van der Waals surface area contributed by atoms with Gasteiger partial charge in [-0.2, -0.15) is 18.2 Å². The lowest BCUT2D eigenvalue weighted by Crippen LogP contribution is -2.04. The van der Waals surface area contributed by atoms with Crippen molar-refractivity contribution >= 4 is 11.8 Å². The topological polar surface area (TPSA) is 38.9 Å². The zero-order valence-electron chi connectivity index (χ0n) is 11.6. The standard InChI is InChI=1S/C15H7F5N2OS/c16-9-3-6-12(11(17)7-9)24-10-4-1-8(2-5-10)13-21-14(23-22-13)15(18,19)20/h1-7H. The molecule has 9 heteroatoms. The number of nitrogens with zero attached hydrogens (tertiary/aromatic N) is 2. The molecule has 3 rings (SSSR count). The number of hydrogen-bond donors (Lipinski definition) is 0. The van der Waals surface area contributed by atoms with E-state index >= 15 is 0 Å². The minimum Gasteiger partial charge on any atom is -0.329 e. The van der Waals surface area contributed by atoms with E-state index in [0.717, 1.165) is 23.9 Å². The molecule has 0 N–H and O–H groups in total. The molecular weight excluding hydrogens is 351 g/mol. The van der Waals surface area contributed by atoms with Crippen molar-refractivity contribution in [3.63, 3.8) is 0 Å². The first-order valence-corrected chi connectivity index (χ1v) is 7.29. The molecule has 0 unspecified atom stereocenters. The van der Waals surface area contributed by atoms with Crippen LogP contribution in [0.5, 0.6) is 0 Å². The second-order valence-corrected chi connectivity index (χ2v) is 5.74. The smallest absolute Gasteiger partial charge is 0.329 e. The van der Waals surface area contributed by atoms with Gasteiger partial charge in [-0.1, -0.05) is 16.9 Å². The first kappa shape index (κ1) is 16.4. The number of hydrogen-bond acceptors (Lipinski definition) is 4. The Morgan fingerprint density at radius 3 is 2.25 bits per heavy atom. The fraction of sp³-hybridized carbons (Fsp3) is 0.0667. The Hall–Kier alpha value is -2.42. The van der Waals surface area contributed by atoms with E-state index in [1.807, 2.05) is 0 Å². The molecule has 0 atom stereocenters. The molecule has 0 spiro atoms. The number of halogens is 5. The molecule has 0 aliphatic heterocycles. The van der Waals surface area contributed by atoms with E-state index in [0.29, 0.717) is 10.5 Å². The van der Waals surface area contributed by atoms with Gasteiger partial charge in [-0.3, -0.25) is 0 Å². The average molecular weight is 358 g/mol. The third kappa shape index (κ3) is 3.56. The monoisotopic (exact) mass is 358 g/mol. The largest absolute Gasteiger partial charge is 0.471 e. The molecule has 1 aromatic heterocycles. The number of rotatable bonds is 3. The van der Waals surface area contributed by atoms with Crippen LogP contribution in [-0.4, -0.2) is 10.1 Å². The summed E-state index contributed by atoms with van der Waals surface area (Å²) in [5.41, 5.74) is 0.318. The van der Waals surface area contributed by atoms with Crippen LogP contribution in [0.4, 0.5) is 22.0 Å². The average Bonchev–Trinajstić information content (AvgIpc) is 3.01. The van der Waals surface area contributed by atoms with Gasteiger partial charge in [0.1, 0.15) is 11.6 Å². The molecule has 124 valence electrons. The maximum Gasteiger partial charge on any atom is 0.471 e. The summed E-state index contributed by atoms with van der Waals surface area (Å²) in [7, 11) is 0. The van der Waals surface area contributed by atoms with Crippen LogP contribution >= 0.6 is 11.8 Å². The van der Waals surface area contributed by atoms with Crippen molar-refractivity contribution in [1.82, 2.24) is 10.1 Å². The van der Waals surface area contributed by atoms with Crippen molar-refractivity contribution in [2.75, 3.05) is 0 Å². The van der Waals surface area contributed by atoms with Gasteiger partial charge in [0, 0.05) is 21.4 Å². The second-order valence-electron chi connectivity index (χ2n) is 4.62. The van der Waals surface area contributed by atoms with E-state index in [1.54, 1.807) is 12.1 Å². The maximum absolute atomic E-state index is 13.6. The van der Waals surface area contributed by atoms with E-state index in [1.165, 1.54) is 18.2 Å². The zero-order chi connectivity index (χ0) is 17.3. The molecule has 24 heavy (non-hydrogen) atoms. The summed E-state index contributed by atoms with van der Waals surface area (Å²) in [6.45, 7) is 0. The molecule has 3 nitrogen and oxygen atoms in total. The Bertz CT molecular complexity index is 861. The lowest BCUT2D eigenvalue weighted by atomic mass is 10.2. The quantitative estimate of drug-likeness (QED) is 0.605. The van der Waals surface area contributed by atoms with Gasteiger partial charge in [-0.25, -0.2) is 8.78 Å². The predicted octanol–water partition coefficient (Wildman–Crippen LogP) is 5.18. The number of alkyl halides is 3. The van der Waals surface area contributed by atoms with Crippen LogP contribution in [0.2, 0.25) is 0 Å². The SMILES string of the molecule is Fc1ccc(Sc2ccc(-c3noc(C(F)(F)F)n3)cc2)c(F)c1. The highest BCUT2D eigenvalue weighted by molar-refractivity contribution is 7.99. The normalized spacial score (nSPS) is 11.7. The molecule has 0 aliphatic rings. The number of aromatic nitrogens is 2. The molecule has 0 saturated carbocycles. The summed E-state index contributed by atoms with van der Waals surface area (Å²) in [5.74, 6) is -3.00. The minimum atomic E-state index is -4.71. The zero-order valence-corrected chi connectivity index (χ0v) is 12.5. The van der Waals surface area contributed by atoms with E-state index < -0.39 is 23.7 Å². The van der Waals surface area contributed by atoms with Gasteiger partial charge in [0.2, 0.25) is 5.82 Å². The van der Waals surface area contributed by atoms with Gasteiger partial charge in [0.25, 0.3) is 0 Å². The van der Waals surface area contributed by atoms with Gasteiger partial charge < -0.3 is 4.52 Å². The van der Waals surface area contributed by atoms with Crippen molar-refractivity contribution in [2.45, 2.75) is 16.0 Å². The molecule has 0 bridgehead atoms. The molecular formula is C15H7F5N2OS. The van der Waals surface area contributed by atoms with E-state index in [2.05, 4.69) is 14.7 Å². The van der Waals surface area contributed by atoms with Gasteiger partial charge in [-0.15, -0.1) is 0 Å². The summed E-state index contributed by atoms with van der Waals surface area (Å²) in [6, 6.07) is 9.30. The Kier molecular flexibility index (Phi) is 4.27. The van der Waals surface area contributed by atoms with Crippen molar-refractivity contribution < 1.29 is 26.5 Å². The third-order valence-electron chi connectivity index (χ3n) is 2.90. The second kappa shape index (κ2) is 6.23. The molecule has 0 saturated heterocycles. The van der Waals surface area contributed by atoms with Crippen molar-refractivity contribution in [3.05, 3.63) is 60.0 Å². The first-order valence-electron chi connectivity index (χ1n) is 6.47. The van der Waals surface area contributed by atoms with Crippen LogP contribution in [-0.2, 0) is 6.18 Å². The summed E-state index contributed by atoms with van der Waals surface area (Å²) in [5, 5.41) is 3.28.